The van der Waals surface area contributed by atoms with Crippen molar-refractivity contribution in [3.05, 3.63) is 35.9 Å². The van der Waals surface area contributed by atoms with Gasteiger partial charge in [-0.25, -0.2) is 0 Å². The summed E-state index contributed by atoms with van der Waals surface area (Å²) < 4.78 is 0. The molecule has 5 unspecified atom stereocenters. The SMILES string of the molecule is CC1(C)CN(C=O)CCC1N.CCCC1(C)C(C)CC2(c3ccccc3)CC1CC(C)(C)C2. The number of piperidine rings is 1. The molecule has 2 bridgehead atoms. The topological polar surface area (TPSA) is 46.3 Å². The highest BCUT2D eigenvalue weighted by Crippen LogP contribution is 2.64. The summed E-state index contributed by atoms with van der Waals surface area (Å²) in [6.07, 6.45) is 10.2. The van der Waals surface area contributed by atoms with E-state index in [0.717, 1.165) is 37.8 Å². The Bertz CT molecular complexity index is 784. The lowest BCUT2D eigenvalue weighted by molar-refractivity contribution is -0.121. The van der Waals surface area contributed by atoms with Gasteiger partial charge in [0.05, 0.1) is 0 Å². The van der Waals surface area contributed by atoms with Crippen molar-refractivity contribution >= 4 is 6.41 Å². The van der Waals surface area contributed by atoms with Gasteiger partial charge in [-0.1, -0.05) is 85.2 Å². The first kappa shape index (κ1) is 26.3. The number of fused-ring (bicyclic) bond motifs is 2. The summed E-state index contributed by atoms with van der Waals surface area (Å²) >= 11 is 0. The van der Waals surface area contributed by atoms with Gasteiger partial charge in [0.15, 0.2) is 0 Å². The van der Waals surface area contributed by atoms with Gasteiger partial charge in [-0.15, -0.1) is 0 Å². The monoisotopic (exact) mass is 454 g/mol. The molecule has 33 heavy (non-hydrogen) atoms. The van der Waals surface area contributed by atoms with Gasteiger partial charge in [0.1, 0.15) is 0 Å². The van der Waals surface area contributed by atoms with Crippen LogP contribution in [0.5, 0.6) is 0 Å². The number of hydrogen-bond donors (Lipinski definition) is 1. The zero-order valence-corrected chi connectivity index (χ0v) is 22.5. The number of benzene rings is 1. The highest BCUT2D eigenvalue weighted by atomic mass is 16.1. The Morgan fingerprint density at radius 2 is 1.73 bits per heavy atom. The zero-order chi connectivity index (χ0) is 24.5. The summed E-state index contributed by atoms with van der Waals surface area (Å²) in [5.74, 6) is 1.72. The highest BCUT2D eigenvalue weighted by molar-refractivity contribution is 5.47. The van der Waals surface area contributed by atoms with Crippen LogP contribution >= 0.6 is 0 Å². The number of nitrogens with zero attached hydrogens (tertiary/aromatic N) is 1. The fourth-order valence-electron chi connectivity index (χ4n) is 7.74. The summed E-state index contributed by atoms with van der Waals surface area (Å²) in [6.45, 7) is 18.3. The van der Waals surface area contributed by atoms with Crippen LogP contribution in [0.25, 0.3) is 0 Å². The second-order valence-electron chi connectivity index (χ2n) is 13.4. The van der Waals surface area contributed by atoms with Gasteiger partial charge in [-0.2, -0.15) is 0 Å². The minimum absolute atomic E-state index is 0.0825. The van der Waals surface area contributed by atoms with E-state index in [0.29, 0.717) is 16.2 Å². The number of hydrogen-bond acceptors (Lipinski definition) is 2. The van der Waals surface area contributed by atoms with Crippen LogP contribution in [0, 0.1) is 28.1 Å². The second kappa shape index (κ2) is 9.72. The summed E-state index contributed by atoms with van der Waals surface area (Å²) in [4.78, 5) is 12.2. The lowest BCUT2D eigenvalue weighted by atomic mass is 9.43. The molecule has 186 valence electrons. The molecule has 5 atom stereocenters. The summed E-state index contributed by atoms with van der Waals surface area (Å²) in [5, 5.41) is 0. The van der Waals surface area contributed by atoms with E-state index in [1.165, 1.54) is 38.5 Å². The molecular weight excluding hydrogens is 404 g/mol. The molecule has 1 aliphatic heterocycles. The number of rotatable bonds is 4. The van der Waals surface area contributed by atoms with Gasteiger partial charge in [-0.3, -0.25) is 4.79 Å². The molecule has 1 aromatic rings. The van der Waals surface area contributed by atoms with Gasteiger partial charge in [0, 0.05) is 19.1 Å². The van der Waals surface area contributed by atoms with Crippen LogP contribution < -0.4 is 5.73 Å². The molecule has 0 spiro atoms. The van der Waals surface area contributed by atoms with Crippen LogP contribution in [0.3, 0.4) is 0 Å². The molecule has 3 fully saturated rings. The Morgan fingerprint density at radius 3 is 2.30 bits per heavy atom. The van der Waals surface area contributed by atoms with E-state index in [-0.39, 0.29) is 11.5 Å². The molecule has 1 heterocycles. The van der Waals surface area contributed by atoms with Crippen molar-refractivity contribution in [2.75, 3.05) is 13.1 Å². The predicted molar refractivity (Wildman–Crippen MR) is 140 cm³/mol. The van der Waals surface area contributed by atoms with Crippen LogP contribution in [0.15, 0.2) is 30.3 Å². The number of nitrogens with two attached hydrogens (primary N) is 1. The quantitative estimate of drug-likeness (QED) is 0.509. The van der Waals surface area contributed by atoms with E-state index in [2.05, 4.69) is 78.8 Å². The fourth-order valence-corrected chi connectivity index (χ4v) is 7.74. The van der Waals surface area contributed by atoms with Crippen LogP contribution in [0.1, 0.15) is 99.0 Å². The minimum Gasteiger partial charge on any atom is -0.345 e. The molecule has 2 N–H and O–H groups in total. The second-order valence-corrected chi connectivity index (χ2v) is 13.4. The van der Waals surface area contributed by atoms with Gasteiger partial charge < -0.3 is 10.6 Å². The third-order valence-corrected chi connectivity index (χ3v) is 9.67. The van der Waals surface area contributed by atoms with Crippen LogP contribution in [0.4, 0.5) is 0 Å². The fraction of sp³-hybridized carbons (Fsp3) is 0.767. The summed E-state index contributed by atoms with van der Waals surface area (Å²) in [7, 11) is 0. The van der Waals surface area contributed by atoms with Crippen molar-refractivity contribution in [1.29, 1.82) is 0 Å². The van der Waals surface area contributed by atoms with E-state index < -0.39 is 0 Å². The molecule has 1 aromatic carbocycles. The van der Waals surface area contributed by atoms with Crippen molar-refractivity contribution in [2.24, 2.45) is 33.8 Å². The third-order valence-electron chi connectivity index (χ3n) is 9.67. The molecule has 3 aliphatic rings. The zero-order valence-electron chi connectivity index (χ0n) is 22.5. The maximum Gasteiger partial charge on any atom is 0.209 e. The number of likely N-dealkylation sites (tertiary alicyclic amines) is 1. The average molecular weight is 455 g/mol. The van der Waals surface area contributed by atoms with Crippen molar-refractivity contribution in [3.8, 4) is 0 Å². The van der Waals surface area contributed by atoms with Crippen LogP contribution in [-0.4, -0.2) is 30.4 Å². The predicted octanol–water partition coefficient (Wildman–Crippen LogP) is 6.80. The lowest BCUT2D eigenvalue weighted by Crippen LogP contribution is -2.53. The van der Waals surface area contributed by atoms with Gasteiger partial charge in [0.2, 0.25) is 6.41 Å². The minimum atomic E-state index is 0.0825. The standard InChI is InChI=1S/C22H34.C8H16N2O/c1-6-12-21(5)17(2)13-22(18-10-8-7-9-11-18)15-19(21)14-20(3,4)16-22;1-8(2)5-10(6-11)4-3-7(8)9/h7-11,17,19H,6,12-16H2,1-5H3;6-7H,3-5,9H2,1-2H3. The molecule has 0 aromatic heterocycles. The molecule has 3 heteroatoms. The van der Waals surface area contributed by atoms with Crippen LogP contribution in [0.2, 0.25) is 0 Å². The van der Waals surface area contributed by atoms with Gasteiger partial charge in [0.25, 0.3) is 0 Å². The summed E-state index contributed by atoms with van der Waals surface area (Å²) in [5.41, 5.74) is 9.04. The van der Waals surface area contributed by atoms with E-state index in [9.17, 15) is 4.79 Å². The Morgan fingerprint density at radius 1 is 1.06 bits per heavy atom. The molecule has 2 aliphatic carbocycles. The lowest BCUT2D eigenvalue weighted by Gasteiger charge is -2.61. The first-order valence-electron chi connectivity index (χ1n) is 13.4. The maximum atomic E-state index is 10.4. The third kappa shape index (κ3) is 5.50. The Balaban J connectivity index is 0.000000235. The van der Waals surface area contributed by atoms with Gasteiger partial charge >= 0.3 is 0 Å². The normalized spacial score (nSPS) is 37.0. The molecule has 1 amide bonds. The number of amides is 1. The summed E-state index contributed by atoms with van der Waals surface area (Å²) in [6, 6.07) is 11.7. The van der Waals surface area contributed by atoms with E-state index in [4.69, 9.17) is 5.73 Å². The van der Waals surface area contributed by atoms with E-state index in [1.807, 2.05) is 0 Å². The Labute approximate surface area is 203 Å². The first-order valence-corrected chi connectivity index (χ1v) is 13.4. The Hall–Kier alpha value is -1.35. The molecule has 0 radical (unpaired) electrons. The van der Waals surface area contributed by atoms with Gasteiger partial charge in [-0.05, 0) is 77.6 Å². The smallest absolute Gasteiger partial charge is 0.209 e. The largest absolute Gasteiger partial charge is 0.345 e. The molecule has 1 saturated heterocycles. The maximum absolute atomic E-state index is 10.4. The van der Waals surface area contributed by atoms with Crippen molar-refractivity contribution in [2.45, 2.75) is 105 Å². The van der Waals surface area contributed by atoms with E-state index >= 15 is 0 Å². The highest BCUT2D eigenvalue weighted by Gasteiger charge is 2.56. The molecule has 3 nitrogen and oxygen atoms in total. The molecular formula is C30H50N2O. The van der Waals surface area contributed by atoms with Crippen molar-refractivity contribution < 1.29 is 4.79 Å². The van der Waals surface area contributed by atoms with Crippen LogP contribution in [-0.2, 0) is 10.2 Å². The first-order chi connectivity index (χ1) is 15.4. The average Bonchev–Trinajstić information content (AvgIpc) is 2.75. The van der Waals surface area contributed by atoms with Crippen molar-refractivity contribution in [3.63, 3.8) is 0 Å². The van der Waals surface area contributed by atoms with E-state index in [1.54, 1.807) is 10.5 Å². The molecule has 4 rings (SSSR count). The molecule has 2 saturated carbocycles. The number of carbonyl (C=O) groups excluding carboxylic acids is 1. The van der Waals surface area contributed by atoms with Crippen molar-refractivity contribution in [1.82, 2.24) is 4.90 Å². The Kier molecular flexibility index (Phi) is 7.73. The number of carbonyl (C=O) groups is 1.